The molecule has 0 bridgehead atoms. The summed E-state index contributed by atoms with van der Waals surface area (Å²) in [4.78, 5) is 26.1. The van der Waals surface area contributed by atoms with Gasteiger partial charge in [0.1, 0.15) is 11.8 Å². The number of ketones is 1. The van der Waals surface area contributed by atoms with E-state index in [1.165, 1.54) is 14.0 Å². The Morgan fingerprint density at radius 3 is 2.06 bits per heavy atom. The average Bonchev–Trinajstić information content (AvgIpc) is 2.83. The van der Waals surface area contributed by atoms with Crippen molar-refractivity contribution in [3.8, 4) is 5.75 Å². The largest absolute Gasteiger partial charge is 0.497 e. The zero-order chi connectivity index (χ0) is 26.7. The van der Waals surface area contributed by atoms with E-state index in [9.17, 15) is 18.0 Å². The number of benzene rings is 3. The third kappa shape index (κ3) is 6.31. The fourth-order valence-electron chi connectivity index (χ4n) is 3.81. The van der Waals surface area contributed by atoms with Gasteiger partial charge in [-0.15, -0.1) is 0 Å². The molecule has 0 spiro atoms. The molecule has 190 valence electrons. The first-order chi connectivity index (χ1) is 16.8. The van der Waals surface area contributed by atoms with Gasteiger partial charge in [-0.3, -0.25) is 13.9 Å². The Bertz CT molecular complexity index is 1340. The Balaban J connectivity index is 1.80. The molecule has 0 radical (unpaired) electrons. The van der Waals surface area contributed by atoms with Crippen molar-refractivity contribution in [2.24, 2.45) is 0 Å². The van der Waals surface area contributed by atoms with Gasteiger partial charge in [0.25, 0.3) is 0 Å². The van der Waals surface area contributed by atoms with Crippen LogP contribution in [0.1, 0.15) is 49.2 Å². The molecule has 7 nitrogen and oxygen atoms in total. The zero-order valence-electron chi connectivity index (χ0n) is 21.4. The van der Waals surface area contributed by atoms with Gasteiger partial charge in [-0.05, 0) is 54.3 Å². The summed E-state index contributed by atoms with van der Waals surface area (Å²) in [6, 6.07) is 19.4. The Morgan fingerprint density at radius 1 is 0.917 bits per heavy atom. The van der Waals surface area contributed by atoms with Gasteiger partial charge >= 0.3 is 0 Å². The predicted octanol–water partition coefficient (Wildman–Crippen LogP) is 5.02. The normalized spacial score (nSPS) is 12.5. The summed E-state index contributed by atoms with van der Waals surface area (Å²) in [5, 5.41) is 2.74. The van der Waals surface area contributed by atoms with E-state index in [0.29, 0.717) is 28.3 Å². The molecule has 1 N–H and O–H groups in total. The van der Waals surface area contributed by atoms with Crippen LogP contribution in [0.3, 0.4) is 0 Å². The fourth-order valence-corrected chi connectivity index (χ4v) is 4.99. The van der Waals surface area contributed by atoms with Crippen molar-refractivity contribution < 1.29 is 22.7 Å². The summed E-state index contributed by atoms with van der Waals surface area (Å²) in [5.74, 6) is -0.134. The number of carbonyl (C=O) groups excluding carboxylic acids is 2. The minimum Gasteiger partial charge on any atom is -0.497 e. The van der Waals surface area contributed by atoms with Crippen molar-refractivity contribution in [2.75, 3.05) is 23.0 Å². The molecule has 0 aliphatic rings. The van der Waals surface area contributed by atoms with Crippen molar-refractivity contribution in [1.82, 2.24) is 0 Å². The van der Waals surface area contributed by atoms with E-state index in [1.807, 2.05) is 12.1 Å². The van der Waals surface area contributed by atoms with Crippen LogP contribution in [-0.2, 0) is 20.2 Å². The van der Waals surface area contributed by atoms with Gasteiger partial charge in [-0.1, -0.05) is 57.2 Å². The molecular formula is C28H32N2O5S. The molecule has 0 unspecified atom stereocenters. The highest BCUT2D eigenvalue weighted by molar-refractivity contribution is 7.92. The van der Waals surface area contributed by atoms with Gasteiger partial charge in [0.15, 0.2) is 5.78 Å². The number of rotatable bonds is 8. The minimum absolute atomic E-state index is 0.0197. The number of nitrogens with zero attached hydrogens (tertiary/aromatic N) is 1. The summed E-state index contributed by atoms with van der Waals surface area (Å²) >= 11 is 0. The number of ether oxygens (including phenoxy) is 1. The molecule has 36 heavy (non-hydrogen) atoms. The summed E-state index contributed by atoms with van der Waals surface area (Å²) in [6.45, 7) is 7.83. The molecule has 0 aliphatic carbocycles. The van der Waals surface area contributed by atoms with Gasteiger partial charge in [0.05, 0.1) is 19.1 Å². The number of methoxy groups -OCH3 is 1. The number of hydrogen-bond donors (Lipinski definition) is 1. The molecule has 0 aliphatic heterocycles. The maximum absolute atomic E-state index is 13.1. The number of hydrogen-bond acceptors (Lipinski definition) is 5. The molecule has 0 saturated heterocycles. The van der Waals surface area contributed by atoms with E-state index in [4.69, 9.17) is 4.74 Å². The molecule has 3 aromatic carbocycles. The maximum Gasteiger partial charge on any atom is 0.247 e. The third-order valence-electron chi connectivity index (χ3n) is 5.82. The molecule has 0 heterocycles. The fraction of sp³-hybridized carbons (Fsp3) is 0.286. The highest BCUT2D eigenvalue weighted by Crippen LogP contribution is 2.25. The van der Waals surface area contributed by atoms with E-state index in [2.05, 4.69) is 26.1 Å². The van der Waals surface area contributed by atoms with E-state index in [-0.39, 0.29) is 11.2 Å². The number of amides is 1. The lowest BCUT2D eigenvalue weighted by atomic mass is 9.86. The van der Waals surface area contributed by atoms with Crippen molar-refractivity contribution in [2.45, 2.75) is 39.2 Å². The molecule has 8 heteroatoms. The van der Waals surface area contributed by atoms with Crippen LogP contribution in [0.15, 0.2) is 72.8 Å². The summed E-state index contributed by atoms with van der Waals surface area (Å²) in [5.41, 5.74) is 2.80. The van der Waals surface area contributed by atoms with Crippen molar-refractivity contribution in [3.63, 3.8) is 0 Å². The third-order valence-corrected chi connectivity index (χ3v) is 7.06. The Morgan fingerprint density at radius 2 is 1.53 bits per heavy atom. The standard InChI is InChI=1S/C28H32N2O5S/c1-19(30(36(6,33)34)24-14-16-25(35-5)17-15-24)27(32)29-23-9-7-8-21(18-23)26(31)20-10-12-22(13-11-20)28(2,3)4/h7-19H,1-6H3,(H,29,32)/t19-/m1/s1. The summed E-state index contributed by atoms with van der Waals surface area (Å²) in [7, 11) is -2.26. The van der Waals surface area contributed by atoms with Crippen molar-refractivity contribution >= 4 is 33.1 Å². The Labute approximate surface area is 213 Å². The van der Waals surface area contributed by atoms with E-state index in [0.717, 1.165) is 16.1 Å². The van der Waals surface area contributed by atoms with Crippen molar-refractivity contribution in [3.05, 3.63) is 89.5 Å². The van der Waals surface area contributed by atoms with Gasteiger partial charge in [0.2, 0.25) is 15.9 Å². The number of nitrogens with one attached hydrogen (secondary N) is 1. The highest BCUT2D eigenvalue weighted by atomic mass is 32.2. The summed E-state index contributed by atoms with van der Waals surface area (Å²) in [6.07, 6.45) is 1.05. The Hall–Kier alpha value is -3.65. The summed E-state index contributed by atoms with van der Waals surface area (Å²) < 4.78 is 31.3. The average molecular weight is 509 g/mol. The van der Waals surface area contributed by atoms with Crippen LogP contribution in [0.5, 0.6) is 5.75 Å². The molecule has 3 aromatic rings. The molecule has 3 rings (SSSR count). The van der Waals surface area contributed by atoms with Gasteiger partial charge in [0, 0.05) is 16.8 Å². The molecular weight excluding hydrogens is 476 g/mol. The predicted molar refractivity (Wildman–Crippen MR) is 143 cm³/mol. The first-order valence-electron chi connectivity index (χ1n) is 11.5. The van der Waals surface area contributed by atoms with E-state index in [1.54, 1.807) is 60.7 Å². The number of anilines is 2. The van der Waals surface area contributed by atoms with Crippen LogP contribution in [0.2, 0.25) is 0 Å². The SMILES string of the molecule is COc1ccc(N([C@H](C)C(=O)Nc2cccc(C(=O)c3ccc(C(C)(C)C)cc3)c2)S(C)(=O)=O)cc1. The minimum atomic E-state index is -3.77. The maximum atomic E-state index is 13.1. The quantitative estimate of drug-likeness (QED) is 0.432. The molecule has 1 amide bonds. The Kier molecular flexibility index (Phi) is 7.89. The second-order valence-corrected chi connectivity index (χ2v) is 11.5. The van der Waals surface area contributed by atoms with Gasteiger partial charge in [-0.2, -0.15) is 0 Å². The zero-order valence-corrected chi connectivity index (χ0v) is 22.2. The second kappa shape index (κ2) is 10.5. The lowest BCUT2D eigenvalue weighted by Crippen LogP contribution is -2.45. The van der Waals surface area contributed by atoms with Crippen LogP contribution < -0.4 is 14.4 Å². The molecule has 0 aromatic heterocycles. The van der Waals surface area contributed by atoms with Crippen LogP contribution in [-0.4, -0.2) is 39.5 Å². The van der Waals surface area contributed by atoms with Crippen LogP contribution in [0.25, 0.3) is 0 Å². The highest BCUT2D eigenvalue weighted by Gasteiger charge is 2.29. The lowest BCUT2D eigenvalue weighted by Gasteiger charge is -2.28. The second-order valence-electron chi connectivity index (χ2n) is 9.66. The lowest BCUT2D eigenvalue weighted by molar-refractivity contribution is -0.116. The first-order valence-corrected chi connectivity index (χ1v) is 13.4. The van der Waals surface area contributed by atoms with E-state index >= 15 is 0 Å². The monoisotopic (exact) mass is 508 g/mol. The topological polar surface area (TPSA) is 92.8 Å². The molecule has 1 atom stereocenters. The molecule has 0 fully saturated rings. The first kappa shape index (κ1) is 26.9. The van der Waals surface area contributed by atoms with Crippen molar-refractivity contribution in [1.29, 1.82) is 0 Å². The van der Waals surface area contributed by atoms with Gasteiger partial charge in [-0.25, -0.2) is 8.42 Å². The smallest absolute Gasteiger partial charge is 0.247 e. The van der Waals surface area contributed by atoms with Crippen LogP contribution in [0.4, 0.5) is 11.4 Å². The van der Waals surface area contributed by atoms with Crippen LogP contribution >= 0.6 is 0 Å². The number of carbonyl (C=O) groups is 2. The number of sulfonamides is 1. The van der Waals surface area contributed by atoms with Crippen LogP contribution in [0, 0.1) is 0 Å². The van der Waals surface area contributed by atoms with E-state index < -0.39 is 22.0 Å². The molecule has 0 saturated carbocycles. The van der Waals surface area contributed by atoms with Gasteiger partial charge < -0.3 is 10.1 Å².